The van der Waals surface area contributed by atoms with E-state index in [1.807, 2.05) is 0 Å². The van der Waals surface area contributed by atoms with Crippen LogP contribution in [0, 0.1) is 28.6 Å². The van der Waals surface area contributed by atoms with Crippen LogP contribution in [0.25, 0.3) is 0 Å². The van der Waals surface area contributed by atoms with Gasteiger partial charge in [-0.25, -0.2) is 0 Å². The number of carboxylic acids is 1. The average molecular weight is 322 g/mol. The van der Waals surface area contributed by atoms with Crippen molar-refractivity contribution in [1.29, 1.82) is 0 Å². The highest BCUT2D eigenvalue weighted by molar-refractivity contribution is 5.66. The van der Waals surface area contributed by atoms with Crippen molar-refractivity contribution in [2.75, 3.05) is 6.61 Å². The minimum atomic E-state index is -0.688. The van der Waals surface area contributed by atoms with Crippen LogP contribution < -0.4 is 0 Å². The molecular weight excluding hydrogens is 288 g/mol. The second-order valence-electron chi connectivity index (χ2n) is 8.62. The van der Waals surface area contributed by atoms with Gasteiger partial charge in [0.05, 0.1) is 6.61 Å². The van der Waals surface area contributed by atoms with E-state index in [0.717, 1.165) is 19.3 Å². The van der Waals surface area contributed by atoms with Gasteiger partial charge in [-0.3, -0.25) is 4.79 Å². The number of aliphatic carboxylic acids is 1. The molecule has 0 radical (unpaired) electrons. The predicted molar refractivity (Wildman–Crippen MR) is 93.2 cm³/mol. The first-order valence-electron chi connectivity index (χ1n) is 9.26. The molecule has 0 bridgehead atoms. The first-order valence-corrected chi connectivity index (χ1v) is 9.26. The first-order chi connectivity index (χ1) is 10.7. The molecule has 1 saturated carbocycles. The van der Waals surface area contributed by atoms with E-state index in [0.29, 0.717) is 11.8 Å². The van der Waals surface area contributed by atoms with Crippen LogP contribution in [-0.4, -0.2) is 22.8 Å². The topological polar surface area (TPSA) is 57.5 Å². The quantitative estimate of drug-likeness (QED) is 0.700. The largest absolute Gasteiger partial charge is 0.481 e. The molecule has 5 atom stereocenters. The molecule has 0 aromatic heterocycles. The number of carboxylic acid groups (broad SMARTS) is 1. The van der Waals surface area contributed by atoms with E-state index < -0.39 is 5.97 Å². The highest BCUT2D eigenvalue weighted by atomic mass is 16.4. The van der Waals surface area contributed by atoms with Gasteiger partial charge in [0.2, 0.25) is 0 Å². The molecule has 0 aromatic carbocycles. The van der Waals surface area contributed by atoms with E-state index in [4.69, 9.17) is 5.11 Å². The number of carbonyl (C=O) groups is 1. The van der Waals surface area contributed by atoms with Gasteiger partial charge in [0.1, 0.15) is 0 Å². The standard InChI is InChI=1S/C20H34O3/c1-14(12-18(22)23)8-10-19(3)15(2)9-11-20(4)16(13-21)6-5-7-17(19)20/h6,14-15,17,21H,5,7-13H2,1-4H3,(H,22,23)/t14-,15-,17-,19+,20-/m1/s1. The molecule has 0 aliphatic heterocycles. The number of hydrogen-bond acceptors (Lipinski definition) is 2. The Labute approximate surface area is 141 Å². The summed E-state index contributed by atoms with van der Waals surface area (Å²) in [5.74, 6) is 0.812. The average Bonchev–Trinajstić information content (AvgIpc) is 2.48. The second kappa shape index (κ2) is 6.96. The summed E-state index contributed by atoms with van der Waals surface area (Å²) in [6.07, 6.45) is 9.27. The molecule has 2 aliphatic carbocycles. The van der Waals surface area contributed by atoms with E-state index in [2.05, 4.69) is 33.8 Å². The molecule has 23 heavy (non-hydrogen) atoms. The van der Waals surface area contributed by atoms with Gasteiger partial charge in [-0.05, 0) is 72.7 Å². The van der Waals surface area contributed by atoms with E-state index in [-0.39, 0.29) is 29.8 Å². The number of rotatable bonds is 6. The molecule has 0 heterocycles. The lowest BCUT2D eigenvalue weighted by Gasteiger charge is -2.58. The van der Waals surface area contributed by atoms with Crippen LogP contribution in [0.3, 0.4) is 0 Å². The normalized spacial score (nSPS) is 38.6. The van der Waals surface area contributed by atoms with Crippen LogP contribution in [0.2, 0.25) is 0 Å². The molecule has 1 fully saturated rings. The van der Waals surface area contributed by atoms with Crippen LogP contribution in [0.1, 0.15) is 72.6 Å². The van der Waals surface area contributed by atoms with Crippen molar-refractivity contribution in [3.8, 4) is 0 Å². The molecule has 0 aromatic rings. The third-order valence-corrected chi connectivity index (χ3v) is 7.24. The second-order valence-corrected chi connectivity index (χ2v) is 8.62. The van der Waals surface area contributed by atoms with E-state index in [1.54, 1.807) is 0 Å². The Morgan fingerprint density at radius 3 is 2.70 bits per heavy atom. The SMILES string of the molecule is C[C@H](CC[C@@]1(C)[C@H](C)CC[C@]2(C)C(CO)=CCC[C@H]12)CC(=O)O. The molecule has 2 N–H and O–H groups in total. The lowest BCUT2D eigenvalue weighted by Crippen LogP contribution is -2.50. The minimum Gasteiger partial charge on any atom is -0.481 e. The number of allylic oxidation sites excluding steroid dienone is 1. The van der Waals surface area contributed by atoms with Gasteiger partial charge in [0.25, 0.3) is 0 Å². The fraction of sp³-hybridized carbons (Fsp3) is 0.850. The summed E-state index contributed by atoms with van der Waals surface area (Å²) in [5, 5.41) is 18.8. The van der Waals surface area contributed by atoms with Gasteiger partial charge >= 0.3 is 5.97 Å². The molecule has 0 amide bonds. The van der Waals surface area contributed by atoms with Gasteiger partial charge in [-0.15, -0.1) is 0 Å². The first kappa shape index (κ1) is 18.5. The van der Waals surface area contributed by atoms with Crippen LogP contribution in [0.4, 0.5) is 0 Å². The summed E-state index contributed by atoms with van der Waals surface area (Å²) in [6, 6.07) is 0. The van der Waals surface area contributed by atoms with Gasteiger partial charge < -0.3 is 10.2 Å². The van der Waals surface area contributed by atoms with Gasteiger partial charge in [0, 0.05) is 6.42 Å². The molecule has 2 aliphatic rings. The molecule has 2 rings (SSSR count). The lowest BCUT2D eigenvalue weighted by atomic mass is 9.46. The summed E-state index contributed by atoms with van der Waals surface area (Å²) in [7, 11) is 0. The molecule has 3 heteroatoms. The molecule has 0 unspecified atom stereocenters. The summed E-state index contributed by atoms with van der Waals surface area (Å²) < 4.78 is 0. The Morgan fingerprint density at radius 1 is 1.39 bits per heavy atom. The highest BCUT2D eigenvalue weighted by Crippen LogP contribution is 2.61. The van der Waals surface area contributed by atoms with Crippen molar-refractivity contribution < 1.29 is 15.0 Å². The van der Waals surface area contributed by atoms with Crippen LogP contribution in [0.15, 0.2) is 11.6 Å². The zero-order valence-electron chi connectivity index (χ0n) is 15.3. The maximum Gasteiger partial charge on any atom is 0.303 e. The van der Waals surface area contributed by atoms with Crippen LogP contribution in [-0.2, 0) is 4.79 Å². The Morgan fingerprint density at radius 2 is 2.09 bits per heavy atom. The predicted octanol–water partition coefficient (Wildman–Crippen LogP) is 4.65. The Kier molecular flexibility index (Phi) is 5.60. The zero-order valence-corrected chi connectivity index (χ0v) is 15.3. The molecule has 132 valence electrons. The number of aliphatic hydroxyl groups excluding tert-OH is 1. The van der Waals surface area contributed by atoms with E-state index >= 15 is 0 Å². The fourth-order valence-corrected chi connectivity index (χ4v) is 5.40. The summed E-state index contributed by atoms with van der Waals surface area (Å²) in [6.45, 7) is 9.40. The van der Waals surface area contributed by atoms with Gasteiger partial charge in [0.15, 0.2) is 0 Å². The van der Waals surface area contributed by atoms with E-state index in [1.165, 1.54) is 24.8 Å². The molecular formula is C20H34O3. The monoisotopic (exact) mass is 322 g/mol. The maximum atomic E-state index is 10.9. The number of fused-ring (bicyclic) bond motifs is 1. The summed E-state index contributed by atoms with van der Waals surface area (Å²) >= 11 is 0. The Hall–Kier alpha value is -0.830. The van der Waals surface area contributed by atoms with Crippen molar-refractivity contribution in [1.82, 2.24) is 0 Å². The fourth-order valence-electron chi connectivity index (χ4n) is 5.40. The smallest absolute Gasteiger partial charge is 0.303 e. The molecule has 0 spiro atoms. The minimum absolute atomic E-state index is 0.129. The maximum absolute atomic E-state index is 10.9. The summed E-state index contributed by atoms with van der Waals surface area (Å²) in [5.41, 5.74) is 1.61. The lowest BCUT2D eigenvalue weighted by molar-refractivity contribution is -0.138. The third kappa shape index (κ3) is 3.50. The van der Waals surface area contributed by atoms with Crippen molar-refractivity contribution in [2.24, 2.45) is 28.6 Å². The highest BCUT2D eigenvalue weighted by Gasteiger charge is 2.53. The zero-order chi connectivity index (χ0) is 17.3. The summed E-state index contributed by atoms with van der Waals surface area (Å²) in [4.78, 5) is 10.9. The van der Waals surface area contributed by atoms with Gasteiger partial charge in [-0.2, -0.15) is 0 Å². The Bertz CT molecular complexity index is 470. The van der Waals surface area contributed by atoms with Crippen molar-refractivity contribution in [2.45, 2.75) is 72.6 Å². The van der Waals surface area contributed by atoms with E-state index in [9.17, 15) is 9.90 Å². The van der Waals surface area contributed by atoms with Gasteiger partial charge in [-0.1, -0.05) is 33.8 Å². The van der Waals surface area contributed by atoms with Crippen LogP contribution in [0.5, 0.6) is 0 Å². The number of hydrogen-bond donors (Lipinski definition) is 2. The Balaban J connectivity index is 2.18. The van der Waals surface area contributed by atoms with Crippen molar-refractivity contribution in [3.63, 3.8) is 0 Å². The molecule has 3 nitrogen and oxygen atoms in total. The van der Waals surface area contributed by atoms with Crippen molar-refractivity contribution in [3.05, 3.63) is 11.6 Å². The third-order valence-electron chi connectivity index (χ3n) is 7.24. The number of aliphatic hydroxyl groups is 1. The molecule has 0 saturated heterocycles. The van der Waals surface area contributed by atoms with Crippen LogP contribution >= 0.6 is 0 Å². The van der Waals surface area contributed by atoms with Crippen molar-refractivity contribution >= 4 is 5.97 Å².